The number of nitrogens with zero attached hydrogens (tertiary/aromatic N) is 1. The van der Waals surface area contributed by atoms with Crippen molar-refractivity contribution in [3.8, 4) is 17.6 Å². The molecule has 2 N–H and O–H groups in total. The molecule has 1 fully saturated rings. The monoisotopic (exact) mass is 309 g/mol. The normalized spacial score (nSPS) is 21.3. The van der Waals surface area contributed by atoms with Crippen LogP contribution in [0.1, 0.15) is 34.0 Å². The minimum Gasteiger partial charge on any atom is -0.486 e. The van der Waals surface area contributed by atoms with Crippen LogP contribution in [0.15, 0.2) is 30.5 Å². The van der Waals surface area contributed by atoms with Crippen molar-refractivity contribution in [2.45, 2.75) is 18.4 Å². The van der Waals surface area contributed by atoms with Crippen molar-refractivity contribution in [2.75, 3.05) is 13.2 Å². The zero-order chi connectivity index (χ0) is 15.8. The first-order valence-electron chi connectivity index (χ1n) is 7.53. The molecule has 1 amide bonds. The standard InChI is InChI=1S/C17H15N3O3/c18-8-10-5-14(19-9-10)17(21)20-13-7-12(13)11-1-2-15-16(6-11)23-4-3-22-15/h1-2,5-6,9,12-13,19H,3-4,7H2,(H,20,21)/t12-,13-/m1/s1. The number of aromatic nitrogens is 1. The van der Waals surface area contributed by atoms with Crippen LogP contribution in [0, 0.1) is 11.3 Å². The highest BCUT2D eigenvalue weighted by Crippen LogP contribution is 2.44. The summed E-state index contributed by atoms with van der Waals surface area (Å²) in [5.41, 5.74) is 2.01. The average molecular weight is 309 g/mol. The van der Waals surface area contributed by atoms with Crippen molar-refractivity contribution < 1.29 is 14.3 Å². The number of aromatic amines is 1. The topological polar surface area (TPSA) is 87.1 Å². The smallest absolute Gasteiger partial charge is 0.267 e. The summed E-state index contributed by atoms with van der Waals surface area (Å²) < 4.78 is 11.1. The molecular weight excluding hydrogens is 294 g/mol. The lowest BCUT2D eigenvalue weighted by Gasteiger charge is -2.18. The van der Waals surface area contributed by atoms with Crippen LogP contribution in [0.25, 0.3) is 0 Å². The lowest BCUT2D eigenvalue weighted by molar-refractivity contribution is 0.0946. The van der Waals surface area contributed by atoms with E-state index in [0.29, 0.717) is 30.4 Å². The fourth-order valence-corrected chi connectivity index (χ4v) is 2.85. The minimum absolute atomic E-state index is 0.110. The van der Waals surface area contributed by atoms with E-state index < -0.39 is 0 Å². The second-order valence-corrected chi connectivity index (χ2v) is 5.74. The van der Waals surface area contributed by atoms with Gasteiger partial charge in [0.25, 0.3) is 5.91 Å². The lowest BCUT2D eigenvalue weighted by Crippen LogP contribution is -2.26. The molecule has 1 aromatic heterocycles. The Morgan fingerprint density at radius 3 is 2.87 bits per heavy atom. The van der Waals surface area contributed by atoms with E-state index in [0.717, 1.165) is 23.5 Å². The molecule has 6 nitrogen and oxygen atoms in total. The first kappa shape index (κ1) is 13.7. The van der Waals surface area contributed by atoms with Crippen molar-refractivity contribution in [2.24, 2.45) is 0 Å². The molecule has 1 aromatic carbocycles. The summed E-state index contributed by atoms with van der Waals surface area (Å²) in [4.78, 5) is 15.0. The Morgan fingerprint density at radius 1 is 1.26 bits per heavy atom. The van der Waals surface area contributed by atoms with Gasteiger partial charge in [0, 0.05) is 18.2 Å². The zero-order valence-electron chi connectivity index (χ0n) is 12.3. The van der Waals surface area contributed by atoms with E-state index in [1.54, 1.807) is 6.07 Å². The molecule has 4 rings (SSSR count). The Bertz CT molecular complexity index is 806. The van der Waals surface area contributed by atoms with Gasteiger partial charge in [-0.15, -0.1) is 0 Å². The number of nitriles is 1. The van der Waals surface area contributed by atoms with Crippen molar-refractivity contribution in [1.29, 1.82) is 5.26 Å². The van der Waals surface area contributed by atoms with Crippen molar-refractivity contribution in [1.82, 2.24) is 10.3 Å². The van der Waals surface area contributed by atoms with Crippen LogP contribution in [-0.4, -0.2) is 30.1 Å². The molecule has 2 heterocycles. The van der Waals surface area contributed by atoms with E-state index in [2.05, 4.69) is 10.3 Å². The van der Waals surface area contributed by atoms with Crippen molar-refractivity contribution >= 4 is 5.91 Å². The molecule has 2 aromatic rings. The minimum atomic E-state index is -0.184. The molecule has 116 valence electrons. The highest BCUT2D eigenvalue weighted by Gasteiger charge is 2.40. The Hall–Kier alpha value is -2.94. The number of amides is 1. The van der Waals surface area contributed by atoms with Gasteiger partial charge in [-0.05, 0) is 30.2 Å². The van der Waals surface area contributed by atoms with E-state index in [9.17, 15) is 4.79 Å². The zero-order valence-corrected chi connectivity index (χ0v) is 12.3. The van der Waals surface area contributed by atoms with E-state index in [1.807, 2.05) is 24.3 Å². The number of benzene rings is 1. The van der Waals surface area contributed by atoms with Gasteiger partial charge >= 0.3 is 0 Å². The quantitative estimate of drug-likeness (QED) is 0.907. The molecule has 2 aliphatic rings. The Balaban J connectivity index is 1.42. The van der Waals surface area contributed by atoms with E-state index in [-0.39, 0.29) is 11.9 Å². The van der Waals surface area contributed by atoms with E-state index in [1.165, 1.54) is 6.20 Å². The summed E-state index contributed by atoms with van der Waals surface area (Å²) >= 11 is 0. The summed E-state index contributed by atoms with van der Waals surface area (Å²) in [6.07, 6.45) is 2.43. The van der Waals surface area contributed by atoms with Crippen LogP contribution in [-0.2, 0) is 0 Å². The van der Waals surface area contributed by atoms with Gasteiger partial charge in [0.05, 0.1) is 5.56 Å². The largest absolute Gasteiger partial charge is 0.486 e. The highest BCUT2D eigenvalue weighted by molar-refractivity contribution is 5.93. The molecule has 1 aliphatic heterocycles. The molecule has 0 unspecified atom stereocenters. The predicted molar refractivity (Wildman–Crippen MR) is 81.6 cm³/mol. The number of ether oxygens (including phenoxy) is 2. The van der Waals surface area contributed by atoms with Gasteiger partial charge in [-0.3, -0.25) is 4.79 Å². The third kappa shape index (κ3) is 2.61. The van der Waals surface area contributed by atoms with Crippen LogP contribution >= 0.6 is 0 Å². The third-order valence-corrected chi connectivity index (χ3v) is 4.16. The summed E-state index contributed by atoms with van der Waals surface area (Å²) in [7, 11) is 0. The van der Waals surface area contributed by atoms with Crippen LogP contribution in [0.4, 0.5) is 0 Å². The van der Waals surface area contributed by atoms with Crippen molar-refractivity contribution in [3.05, 3.63) is 47.3 Å². The fourth-order valence-electron chi connectivity index (χ4n) is 2.85. The molecule has 0 saturated heterocycles. The molecule has 6 heteroatoms. The Labute approximate surface area is 133 Å². The van der Waals surface area contributed by atoms with Crippen LogP contribution in [0.3, 0.4) is 0 Å². The van der Waals surface area contributed by atoms with Gasteiger partial charge in [0.2, 0.25) is 0 Å². The van der Waals surface area contributed by atoms with Gasteiger partial charge in [-0.1, -0.05) is 6.07 Å². The SMILES string of the molecule is N#Cc1c[nH]c(C(=O)N[C@@H]2C[C@@H]2c2ccc3c(c2)OCCO3)c1. The van der Waals surface area contributed by atoms with Crippen LogP contribution in [0.5, 0.6) is 11.5 Å². The van der Waals surface area contributed by atoms with Gasteiger partial charge < -0.3 is 19.8 Å². The second kappa shape index (κ2) is 5.36. The predicted octanol–water partition coefficient (Wildman–Crippen LogP) is 1.94. The third-order valence-electron chi connectivity index (χ3n) is 4.16. The van der Waals surface area contributed by atoms with Crippen molar-refractivity contribution in [3.63, 3.8) is 0 Å². The number of hydrogen-bond acceptors (Lipinski definition) is 4. The number of rotatable bonds is 3. The Kier molecular flexibility index (Phi) is 3.19. The fraction of sp³-hybridized carbons (Fsp3) is 0.294. The van der Waals surface area contributed by atoms with Gasteiger partial charge in [0.15, 0.2) is 11.5 Å². The van der Waals surface area contributed by atoms with E-state index in [4.69, 9.17) is 14.7 Å². The van der Waals surface area contributed by atoms with E-state index >= 15 is 0 Å². The molecular formula is C17H15N3O3. The number of carbonyl (C=O) groups is 1. The van der Waals surface area contributed by atoms with Gasteiger partial charge in [-0.2, -0.15) is 5.26 Å². The molecule has 1 saturated carbocycles. The summed E-state index contributed by atoms with van der Waals surface area (Å²) in [5, 5.41) is 11.8. The molecule has 23 heavy (non-hydrogen) atoms. The molecule has 0 radical (unpaired) electrons. The molecule has 1 aliphatic carbocycles. The summed E-state index contributed by atoms with van der Waals surface area (Å²) in [6.45, 7) is 1.14. The van der Waals surface area contributed by atoms with Gasteiger partial charge in [0.1, 0.15) is 25.0 Å². The first-order chi connectivity index (χ1) is 11.2. The molecule has 0 bridgehead atoms. The number of fused-ring (bicyclic) bond motifs is 1. The lowest BCUT2D eigenvalue weighted by atomic mass is 10.1. The number of carbonyl (C=O) groups excluding carboxylic acids is 1. The first-order valence-corrected chi connectivity index (χ1v) is 7.53. The summed E-state index contributed by atoms with van der Waals surface area (Å²) in [5.74, 6) is 1.65. The maximum Gasteiger partial charge on any atom is 0.267 e. The maximum absolute atomic E-state index is 12.1. The second-order valence-electron chi connectivity index (χ2n) is 5.74. The highest BCUT2D eigenvalue weighted by atomic mass is 16.6. The maximum atomic E-state index is 12.1. The molecule has 2 atom stereocenters. The number of H-pyrrole nitrogens is 1. The van der Waals surface area contributed by atoms with Crippen LogP contribution in [0.2, 0.25) is 0 Å². The van der Waals surface area contributed by atoms with Crippen LogP contribution < -0.4 is 14.8 Å². The van der Waals surface area contributed by atoms with Gasteiger partial charge in [-0.25, -0.2) is 0 Å². The number of nitrogens with one attached hydrogen (secondary N) is 2. The average Bonchev–Trinajstić information content (AvgIpc) is 3.17. The molecule has 0 spiro atoms. The Morgan fingerprint density at radius 2 is 2.09 bits per heavy atom. The number of hydrogen-bond donors (Lipinski definition) is 2. The summed E-state index contributed by atoms with van der Waals surface area (Å²) in [6, 6.07) is 9.60.